The molecular formula is C8H10INO. The zero-order valence-electron chi connectivity index (χ0n) is 6.38. The molecule has 0 unspecified atom stereocenters. The summed E-state index contributed by atoms with van der Waals surface area (Å²) < 4.78 is 8.44. The smallest absolute Gasteiger partial charge is 0.110 e. The molecule has 0 N–H and O–H groups in total. The summed E-state index contributed by atoms with van der Waals surface area (Å²) >= 11 is -0.108. The summed E-state index contributed by atoms with van der Waals surface area (Å²) in [4.78, 5) is 3.97. The fraction of sp³-hybridized carbons (Fsp3) is 0.250. The van der Waals surface area contributed by atoms with Crippen molar-refractivity contribution >= 4 is 28.6 Å². The molecule has 2 nitrogen and oxygen atoms in total. The molecule has 0 aromatic rings. The van der Waals surface area contributed by atoms with Crippen LogP contribution in [-0.2, 0) is 4.74 Å². The highest BCUT2D eigenvalue weighted by molar-refractivity contribution is 14.2. The van der Waals surface area contributed by atoms with Crippen LogP contribution in [0.3, 0.4) is 0 Å². The molecule has 0 amide bonds. The van der Waals surface area contributed by atoms with E-state index >= 15 is 0 Å². The third-order valence-corrected chi connectivity index (χ3v) is 2.85. The second-order valence-corrected chi connectivity index (χ2v) is 4.46. The van der Waals surface area contributed by atoms with Gasteiger partial charge >= 0.3 is 0 Å². The lowest BCUT2D eigenvalue weighted by molar-refractivity contribution is 0.353. The minimum Gasteiger partial charge on any atom is -0.336 e. The van der Waals surface area contributed by atoms with Crippen LogP contribution in [0.15, 0.2) is 29.4 Å². The molecule has 1 heterocycles. The highest BCUT2D eigenvalue weighted by Crippen LogP contribution is 2.05. The average molecular weight is 263 g/mol. The van der Waals surface area contributed by atoms with Crippen molar-refractivity contribution < 1.29 is 4.74 Å². The maximum absolute atomic E-state index is 5.43. The van der Waals surface area contributed by atoms with Gasteiger partial charge in [-0.3, -0.25) is 4.99 Å². The summed E-state index contributed by atoms with van der Waals surface area (Å²) in [6, 6.07) is 0. The van der Waals surface area contributed by atoms with Gasteiger partial charge in [0, 0.05) is 6.20 Å². The summed E-state index contributed by atoms with van der Waals surface area (Å²) in [5.41, 5.74) is 1.05. The molecule has 0 fully saturated rings. The molecular weight excluding hydrogens is 253 g/mol. The normalized spacial score (nSPS) is 15.5. The molecule has 0 atom stereocenters. The van der Waals surface area contributed by atoms with Crippen LogP contribution in [0.2, 0.25) is 0 Å². The lowest BCUT2D eigenvalue weighted by Gasteiger charge is -2.03. The van der Waals surface area contributed by atoms with Crippen molar-refractivity contribution in [3.63, 3.8) is 0 Å². The van der Waals surface area contributed by atoms with Crippen molar-refractivity contribution in [3.05, 3.63) is 24.4 Å². The predicted molar refractivity (Wildman–Crippen MR) is 57.4 cm³/mol. The van der Waals surface area contributed by atoms with Crippen molar-refractivity contribution in [1.29, 1.82) is 0 Å². The number of rotatable bonds is 3. The maximum atomic E-state index is 5.43. The number of aliphatic imine (C=N–C) groups is 1. The summed E-state index contributed by atoms with van der Waals surface area (Å²) in [6.45, 7) is 6.35. The molecule has 1 aliphatic rings. The molecule has 0 aromatic carbocycles. The van der Waals surface area contributed by atoms with Crippen LogP contribution in [0.1, 0.15) is 6.92 Å². The van der Waals surface area contributed by atoms with Crippen molar-refractivity contribution in [1.82, 2.24) is 0 Å². The SMILES string of the molecule is C=C(C)COC1=IC=NC=C1. The van der Waals surface area contributed by atoms with Gasteiger partial charge in [0.1, 0.15) is 3.69 Å². The van der Waals surface area contributed by atoms with Gasteiger partial charge in [-0.05, 0) is 33.7 Å². The molecule has 0 saturated heterocycles. The van der Waals surface area contributed by atoms with Gasteiger partial charge in [0.05, 0.1) is 10.8 Å². The summed E-state index contributed by atoms with van der Waals surface area (Å²) in [5, 5.41) is 0. The molecule has 3 heteroatoms. The predicted octanol–water partition coefficient (Wildman–Crippen LogP) is 2.24. The third-order valence-electron chi connectivity index (χ3n) is 0.961. The Morgan fingerprint density at radius 2 is 2.64 bits per heavy atom. The van der Waals surface area contributed by atoms with Gasteiger partial charge in [0.2, 0.25) is 0 Å². The van der Waals surface area contributed by atoms with Crippen LogP contribution in [0.5, 0.6) is 0 Å². The topological polar surface area (TPSA) is 21.6 Å². The van der Waals surface area contributed by atoms with Crippen molar-refractivity contribution in [2.24, 2.45) is 4.99 Å². The lowest BCUT2D eigenvalue weighted by atomic mass is 10.4. The van der Waals surface area contributed by atoms with Gasteiger partial charge in [-0.25, -0.2) is 0 Å². The number of nitrogens with zero attached hydrogens (tertiary/aromatic N) is 1. The fourth-order valence-corrected chi connectivity index (χ4v) is 1.84. The first-order valence-electron chi connectivity index (χ1n) is 3.25. The third kappa shape index (κ3) is 3.57. The first-order valence-corrected chi connectivity index (χ1v) is 5.57. The standard InChI is InChI=1S/C8H10INO/c1-7(2)5-11-8-3-4-10-6-9-8/h3-4,6H,1,5H2,2H3. The van der Waals surface area contributed by atoms with Crippen LogP contribution >= 0.6 is 20.7 Å². The quantitative estimate of drug-likeness (QED) is 0.565. The molecule has 60 valence electrons. The van der Waals surface area contributed by atoms with E-state index < -0.39 is 0 Å². The Kier molecular flexibility index (Phi) is 3.65. The highest BCUT2D eigenvalue weighted by atomic mass is 127. The van der Waals surface area contributed by atoms with E-state index in [9.17, 15) is 0 Å². The Hall–Kier alpha value is -0.290. The average Bonchev–Trinajstić information content (AvgIpc) is 2.03. The maximum Gasteiger partial charge on any atom is 0.110 e. The van der Waals surface area contributed by atoms with E-state index in [-0.39, 0.29) is 20.7 Å². The Morgan fingerprint density at radius 3 is 3.18 bits per heavy atom. The number of halogens is 1. The summed E-state index contributed by atoms with van der Waals surface area (Å²) in [6.07, 6.45) is 3.69. The second kappa shape index (κ2) is 4.56. The number of hydrogen-bond acceptors (Lipinski definition) is 2. The van der Waals surface area contributed by atoms with Crippen LogP contribution in [-0.4, -0.2) is 14.5 Å². The lowest BCUT2D eigenvalue weighted by Crippen LogP contribution is -2.01. The van der Waals surface area contributed by atoms with Gasteiger partial charge in [0.15, 0.2) is 0 Å². The van der Waals surface area contributed by atoms with E-state index in [1.165, 1.54) is 0 Å². The van der Waals surface area contributed by atoms with Gasteiger partial charge in [-0.2, -0.15) is 0 Å². The molecule has 0 radical (unpaired) electrons. The Labute approximate surface area is 76.4 Å². The molecule has 0 aliphatic carbocycles. The van der Waals surface area contributed by atoms with Gasteiger partial charge in [-0.15, -0.1) is 0 Å². The van der Waals surface area contributed by atoms with Gasteiger partial charge in [-0.1, -0.05) is 12.2 Å². The highest BCUT2D eigenvalue weighted by Gasteiger charge is 1.94. The van der Waals surface area contributed by atoms with Crippen LogP contribution in [0.25, 0.3) is 0 Å². The summed E-state index contributed by atoms with van der Waals surface area (Å²) in [7, 11) is 0. The Balaban J connectivity index is 2.38. The number of ether oxygens (including phenoxy) is 1. The van der Waals surface area contributed by atoms with Gasteiger partial charge in [0.25, 0.3) is 0 Å². The molecule has 0 saturated carbocycles. The van der Waals surface area contributed by atoms with E-state index in [2.05, 4.69) is 11.6 Å². The van der Waals surface area contributed by atoms with Gasteiger partial charge < -0.3 is 4.74 Å². The van der Waals surface area contributed by atoms with Crippen molar-refractivity contribution in [3.8, 4) is 0 Å². The first-order chi connectivity index (χ1) is 5.29. The minimum absolute atomic E-state index is 0.108. The summed E-state index contributed by atoms with van der Waals surface area (Å²) in [5.74, 6) is 0. The van der Waals surface area contributed by atoms with E-state index in [0.29, 0.717) is 6.61 Å². The zero-order valence-corrected chi connectivity index (χ0v) is 8.54. The monoisotopic (exact) mass is 263 g/mol. The van der Waals surface area contributed by atoms with E-state index in [1.807, 2.05) is 17.2 Å². The zero-order chi connectivity index (χ0) is 8.10. The van der Waals surface area contributed by atoms with Crippen LogP contribution in [0.4, 0.5) is 0 Å². The van der Waals surface area contributed by atoms with Crippen molar-refractivity contribution in [2.75, 3.05) is 6.61 Å². The second-order valence-electron chi connectivity index (χ2n) is 2.22. The minimum atomic E-state index is -0.108. The van der Waals surface area contributed by atoms with E-state index in [1.54, 1.807) is 6.20 Å². The molecule has 0 bridgehead atoms. The molecule has 1 aliphatic heterocycles. The van der Waals surface area contributed by atoms with E-state index in [0.717, 1.165) is 9.27 Å². The molecule has 0 spiro atoms. The first kappa shape index (κ1) is 8.80. The van der Waals surface area contributed by atoms with Crippen LogP contribution in [0, 0.1) is 0 Å². The Morgan fingerprint density at radius 1 is 1.82 bits per heavy atom. The Bertz CT molecular complexity index is 240. The van der Waals surface area contributed by atoms with Crippen molar-refractivity contribution in [2.45, 2.75) is 6.92 Å². The fourth-order valence-electron chi connectivity index (χ4n) is 0.519. The van der Waals surface area contributed by atoms with Crippen LogP contribution < -0.4 is 0 Å². The van der Waals surface area contributed by atoms with E-state index in [4.69, 9.17) is 4.74 Å². The molecule has 0 aromatic heterocycles. The largest absolute Gasteiger partial charge is 0.336 e. The molecule has 1 rings (SSSR count). The molecule has 11 heavy (non-hydrogen) atoms. The number of hydrogen-bond donors (Lipinski definition) is 0.